The van der Waals surface area contributed by atoms with E-state index in [4.69, 9.17) is 5.73 Å². The number of benzene rings is 1. The average Bonchev–Trinajstić information content (AvgIpc) is 3.28. The number of aryl methyl sites for hydroxylation is 1. The van der Waals surface area contributed by atoms with Gasteiger partial charge in [0.2, 0.25) is 15.9 Å². The molecule has 1 aromatic carbocycles. The lowest BCUT2D eigenvalue weighted by atomic mass is 10.2. The predicted molar refractivity (Wildman–Crippen MR) is 84.7 cm³/mol. The molecule has 6 nitrogen and oxygen atoms in total. The van der Waals surface area contributed by atoms with Crippen LogP contribution in [0.5, 0.6) is 0 Å². The molecule has 0 radical (unpaired) electrons. The number of nitrogens with two attached hydrogens (primary N) is 1. The molecule has 22 heavy (non-hydrogen) atoms. The second kappa shape index (κ2) is 6.76. The third kappa shape index (κ3) is 4.53. The third-order valence-electron chi connectivity index (χ3n) is 3.80. The van der Waals surface area contributed by atoms with E-state index < -0.39 is 16.1 Å². The molecule has 1 aliphatic rings. The highest BCUT2D eigenvalue weighted by Crippen LogP contribution is 2.31. The van der Waals surface area contributed by atoms with Crippen molar-refractivity contribution in [2.45, 2.75) is 43.7 Å². The lowest BCUT2D eigenvalue weighted by Gasteiger charge is -2.16. The van der Waals surface area contributed by atoms with Gasteiger partial charge in [-0.1, -0.05) is 17.7 Å². The zero-order valence-electron chi connectivity index (χ0n) is 12.9. The smallest absolute Gasteiger partial charge is 0.241 e. The summed E-state index contributed by atoms with van der Waals surface area (Å²) in [5.74, 6) is 0.117. The number of carbonyl (C=O) groups is 1. The van der Waals surface area contributed by atoms with Gasteiger partial charge >= 0.3 is 0 Å². The molecule has 2 rings (SSSR count). The van der Waals surface area contributed by atoms with E-state index in [1.54, 1.807) is 12.1 Å². The molecule has 7 heteroatoms. The second-order valence-corrected chi connectivity index (χ2v) is 7.62. The number of nitrogens with one attached hydrogen (secondary N) is 2. The van der Waals surface area contributed by atoms with Gasteiger partial charge < -0.3 is 11.1 Å². The van der Waals surface area contributed by atoms with E-state index in [0.29, 0.717) is 12.5 Å². The van der Waals surface area contributed by atoms with E-state index in [2.05, 4.69) is 10.0 Å². The molecule has 1 fully saturated rings. The third-order valence-corrected chi connectivity index (χ3v) is 5.35. The number of hydrogen-bond acceptors (Lipinski definition) is 4. The molecule has 0 aromatic heterocycles. The minimum absolute atomic E-state index is 0.0511. The second-order valence-electron chi connectivity index (χ2n) is 5.90. The first-order chi connectivity index (χ1) is 10.3. The number of carbonyl (C=O) groups excluding carboxylic acids is 1. The molecule has 4 N–H and O–H groups in total. The van der Waals surface area contributed by atoms with Crippen molar-refractivity contribution in [3.05, 3.63) is 29.8 Å². The molecule has 1 aliphatic carbocycles. The number of amides is 1. The van der Waals surface area contributed by atoms with Gasteiger partial charge in [0.1, 0.15) is 0 Å². The first-order valence-corrected chi connectivity index (χ1v) is 8.90. The molecular formula is C15H23N3O3S. The van der Waals surface area contributed by atoms with E-state index in [0.717, 1.165) is 18.4 Å². The van der Waals surface area contributed by atoms with Crippen LogP contribution in [0.2, 0.25) is 0 Å². The molecule has 1 saturated carbocycles. The van der Waals surface area contributed by atoms with E-state index >= 15 is 0 Å². The van der Waals surface area contributed by atoms with Gasteiger partial charge in [-0.15, -0.1) is 0 Å². The summed E-state index contributed by atoms with van der Waals surface area (Å²) in [5, 5.41) is 2.70. The SMILES string of the molecule is Cc1ccc(S(=O)(=O)NC(C)C(=O)NCC(N)C2CC2)cc1. The molecule has 0 saturated heterocycles. The molecule has 0 spiro atoms. The minimum Gasteiger partial charge on any atom is -0.353 e. The van der Waals surface area contributed by atoms with E-state index in [9.17, 15) is 13.2 Å². The van der Waals surface area contributed by atoms with Gasteiger partial charge in [0.15, 0.2) is 0 Å². The maximum atomic E-state index is 12.2. The number of hydrogen-bond donors (Lipinski definition) is 3. The van der Waals surface area contributed by atoms with Crippen LogP contribution in [0.1, 0.15) is 25.3 Å². The Kier molecular flexibility index (Phi) is 5.20. The molecular weight excluding hydrogens is 302 g/mol. The van der Waals surface area contributed by atoms with Crippen molar-refractivity contribution >= 4 is 15.9 Å². The van der Waals surface area contributed by atoms with Crippen LogP contribution in [0.15, 0.2) is 29.2 Å². The van der Waals surface area contributed by atoms with Crippen molar-refractivity contribution in [1.29, 1.82) is 0 Å². The first kappa shape index (κ1) is 16.9. The van der Waals surface area contributed by atoms with E-state index in [1.807, 2.05) is 6.92 Å². The van der Waals surface area contributed by atoms with Crippen LogP contribution < -0.4 is 15.8 Å². The van der Waals surface area contributed by atoms with Crippen LogP contribution in [-0.2, 0) is 14.8 Å². The summed E-state index contributed by atoms with van der Waals surface area (Å²) in [6.07, 6.45) is 2.21. The molecule has 122 valence electrons. The zero-order valence-corrected chi connectivity index (χ0v) is 13.7. The van der Waals surface area contributed by atoms with Crippen LogP contribution in [-0.4, -0.2) is 33.0 Å². The quantitative estimate of drug-likeness (QED) is 0.680. The Morgan fingerprint density at radius 2 is 1.91 bits per heavy atom. The highest BCUT2D eigenvalue weighted by atomic mass is 32.2. The summed E-state index contributed by atoms with van der Waals surface area (Å²) in [4.78, 5) is 12.1. The predicted octanol–water partition coefficient (Wildman–Crippen LogP) is 0.515. The summed E-state index contributed by atoms with van der Waals surface area (Å²) in [7, 11) is -3.71. The van der Waals surface area contributed by atoms with E-state index in [1.165, 1.54) is 19.1 Å². The fourth-order valence-corrected chi connectivity index (χ4v) is 3.34. The molecule has 0 bridgehead atoms. The van der Waals surface area contributed by atoms with Crippen molar-refractivity contribution in [2.75, 3.05) is 6.54 Å². The summed E-state index contributed by atoms with van der Waals surface area (Å²) in [5.41, 5.74) is 6.88. The monoisotopic (exact) mass is 325 g/mol. The van der Waals surface area contributed by atoms with Crippen LogP contribution >= 0.6 is 0 Å². The van der Waals surface area contributed by atoms with Gasteiger partial charge in [0.25, 0.3) is 0 Å². The summed E-state index contributed by atoms with van der Waals surface area (Å²) < 4.78 is 26.8. The van der Waals surface area contributed by atoms with Gasteiger partial charge in [-0.2, -0.15) is 4.72 Å². The van der Waals surface area contributed by atoms with E-state index in [-0.39, 0.29) is 16.8 Å². The molecule has 1 amide bonds. The standard InChI is InChI=1S/C15H23N3O3S/c1-10-3-7-13(8-4-10)22(20,21)18-11(2)15(19)17-9-14(16)12-5-6-12/h3-4,7-8,11-12,14,18H,5-6,9,16H2,1-2H3,(H,17,19). The lowest BCUT2D eigenvalue weighted by Crippen LogP contribution is -2.48. The van der Waals surface area contributed by atoms with Gasteiger partial charge in [0, 0.05) is 12.6 Å². The number of sulfonamides is 1. The Morgan fingerprint density at radius 1 is 1.32 bits per heavy atom. The Hall–Kier alpha value is -1.44. The maximum absolute atomic E-state index is 12.2. The average molecular weight is 325 g/mol. The van der Waals surface area contributed by atoms with Crippen LogP contribution in [0.25, 0.3) is 0 Å². The molecule has 0 heterocycles. The van der Waals surface area contributed by atoms with Crippen LogP contribution in [0.4, 0.5) is 0 Å². The maximum Gasteiger partial charge on any atom is 0.241 e. The normalized spacial score (nSPS) is 17.8. The lowest BCUT2D eigenvalue weighted by molar-refractivity contribution is -0.122. The van der Waals surface area contributed by atoms with Crippen molar-refractivity contribution in [3.8, 4) is 0 Å². The molecule has 2 atom stereocenters. The topological polar surface area (TPSA) is 101 Å². The molecule has 0 aliphatic heterocycles. The Morgan fingerprint density at radius 3 is 2.45 bits per heavy atom. The summed E-state index contributed by atoms with van der Waals surface area (Å²) in [6.45, 7) is 3.77. The fraction of sp³-hybridized carbons (Fsp3) is 0.533. The summed E-state index contributed by atoms with van der Waals surface area (Å²) in [6, 6.07) is 5.57. The minimum atomic E-state index is -3.71. The largest absolute Gasteiger partial charge is 0.353 e. The molecule has 1 aromatic rings. The fourth-order valence-electron chi connectivity index (χ4n) is 2.13. The summed E-state index contributed by atoms with van der Waals surface area (Å²) >= 11 is 0. The zero-order chi connectivity index (χ0) is 16.3. The highest BCUT2D eigenvalue weighted by Gasteiger charge is 2.29. The van der Waals surface area contributed by atoms with Crippen LogP contribution in [0, 0.1) is 12.8 Å². The number of rotatable bonds is 7. The van der Waals surface area contributed by atoms with Gasteiger partial charge in [-0.3, -0.25) is 4.79 Å². The van der Waals surface area contributed by atoms with Crippen molar-refractivity contribution in [2.24, 2.45) is 11.7 Å². The van der Waals surface area contributed by atoms with Crippen molar-refractivity contribution in [3.63, 3.8) is 0 Å². The van der Waals surface area contributed by atoms with Crippen molar-refractivity contribution in [1.82, 2.24) is 10.0 Å². The van der Waals surface area contributed by atoms with Gasteiger partial charge in [-0.05, 0) is 44.7 Å². The van der Waals surface area contributed by atoms with Gasteiger partial charge in [0.05, 0.1) is 10.9 Å². The Labute approximate surface area is 131 Å². The Bertz CT molecular complexity index is 624. The van der Waals surface area contributed by atoms with Gasteiger partial charge in [-0.25, -0.2) is 8.42 Å². The Balaban J connectivity index is 1.90. The highest BCUT2D eigenvalue weighted by molar-refractivity contribution is 7.89. The van der Waals surface area contributed by atoms with Crippen LogP contribution in [0.3, 0.4) is 0 Å². The van der Waals surface area contributed by atoms with Crippen molar-refractivity contribution < 1.29 is 13.2 Å². The molecule has 2 unspecified atom stereocenters. The first-order valence-electron chi connectivity index (χ1n) is 7.42.